The molecule has 28 heavy (non-hydrogen) atoms. The number of ether oxygens (including phenoxy) is 2. The Hall–Kier alpha value is -3.31. The third-order valence-electron chi connectivity index (χ3n) is 4.29. The first-order valence-electron chi connectivity index (χ1n) is 8.59. The minimum Gasteiger partial charge on any atom is -0.480 e. The number of rotatable bonds is 5. The molecule has 0 amide bonds. The van der Waals surface area contributed by atoms with Crippen LogP contribution in [0.3, 0.4) is 0 Å². The molecule has 6 heteroatoms. The SMILES string of the molecule is O=C(COc1ccccc1Cl)OCc1cc(=O)oc2ccc3ccccc3c12. The number of para-hydroxylation sites is 1. The molecule has 0 N–H and O–H groups in total. The standard InChI is InChI=1S/C22H15ClO5/c23-17-7-3-4-8-18(17)26-13-21(25)27-12-15-11-20(24)28-19-10-9-14-5-1-2-6-16(14)22(15)19/h1-11H,12-13H2. The first-order chi connectivity index (χ1) is 13.6. The van der Waals surface area contributed by atoms with Crippen LogP contribution in [0.4, 0.5) is 0 Å². The van der Waals surface area contributed by atoms with Gasteiger partial charge in [-0.1, -0.05) is 54.1 Å². The van der Waals surface area contributed by atoms with Crippen molar-refractivity contribution in [2.24, 2.45) is 0 Å². The Balaban J connectivity index is 1.56. The van der Waals surface area contributed by atoms with E-state index < -0.39 is 11.6 Å². The van der Waals surface area contributed by atoms with Crippen molar-refractivity contribution < 1.29 is 18.7 Å². The van der Waals surface area contributed by atoms with Crippen molar-refractivity contribution in [1.82, 2.24) is 0 Å². The van der Waals surface area contributed by atoms with Crippen molar-refractivity contribution in [3.05, 3.63) is 87.7 Å². The van der Waals surface area contributed by atoms with E-state index in [2.05, 4.69) is 0 Å². The maximum absolute atomic E-state index is 12.1. The Morgan fingerprint density at radius 1 is 1.00 bits per heavy atom. The zero-order valence-electron chi connectivity index (χ0n) is 14.7. The lowest BCUT2D eigenvalue weighted by Crippen LogP contribution is -2.15. The fourth-order valence-electron chi connectivity index (χ4n) is 3.03. The van der Waals surface area contributed by atoms with E-state index in [-0.39, 0.29) is 13.2 Å². The van der Waals surface area contributed by atoms with Gasteiger partial charge in [-0.25, -0.2) is 9.59 Å². The number of carbonyl (C=O) groups excluding carboxylic acids is 1. The number of hydrogen-bond acceptors (Lipinski definition) is 5. The van der Waals surface area contributed by atoms with Crippen LogP contribution in [-0.4, -0.2) is 12.6 Å². The molecule has 0 aliphatic rings. The lowest BCUT2D eigenvalue weighted by Gasteiger charge is -2.10. The lowest BCUT2D eigenvalue weighted by molar-refractivity contribution is -0.147. The molecule has 0 bridgehead atoms. The largest absolute Gasteiger partial charge is 0.480 e. The predicted molar refractivity (Wildman–Crippen MR) is 107 cm³/mol. The number of hydrogen-bond donors (Lipinski definition) is 0. The van der Waals surface area contributed by atoms with Gasteiger partial charge in [0, 0.05) is 17.0 Å². The van der Waals surface area contributed by atoms with E-state index >= 15 is 0 Å². The summed E-state index contributed by atoms with van der Waals surface area (Å²) in [7, 11) is 0. The van der Waals surface area contributed by atoms with Gasteiger partial charge in [-0.3, -0.25) is 0 Å². The van der Waals surface area contributed by atoms with Crippen molar-refractivity contribution in [3.8, 4) is 5.75 Å². The van der Waals surface area contributed by atoms with E-state index in [9.17, 15) is 9.59 Å². The minimum absolute atomic E-state index is 0.0686. The zero-order valence-corrected chi connectivity index (χ0v) is 15.4. The summed E-state index contributed by atoms with van der Waals surface area (Å²) >= 11 is 6.00. The smallest absolute Gasteiger partial charge is 0.344 e. The fraction of sp³-hybridized carbons (Fsp3) is 0.0909. The lowest BCUT2D eigenvalue weighted by atomic mass is 10.0. The van der Waals surface area contributed by atoms with Crippen molar-refractivity contribution in [2.45, 2.75) is 6.61 Å². The Bertz CT molecular complexity index is 1230. The van der Waals surface area contributed by atoms with E-state index in [4.69, 9.17) is 25.5 Å². The average molecular weight is 395 g/mol. The van der Waals surface area contributed by atoms with Gasteiger partial charge in [-0.2, -0.15) is 0 Å². The number of benzene rings is 3. The summed E-state index contributed by atoms with van der Waals surface area (Å²) in [6.07, 6.45) is 0. The van der Waals surface area contributed by atoms with E-state index in [0.29, 0.717) is 21.9 Å². The third-order valence-corrected chi connectivity index (χ3v) is 4.60. The van der Waals surface area contributed by atoms with Crippen molar-refractivity contribution in [3.63, 3.8) is 0 Å². The first kappa shape index (κ1) is 18.1. The molecule has 4 rings (SSSR count). The number of esters is 1. The van der Waals surface area contributed by atoms with Crippen LogP contribution >= 0.6 is 11.6 Å². The molecule has 0 saturated carbocycles. The van der Waals surface area contributed by atoms with Crippen molar-refractivity contribution in [1.29, 1.82) is 0 Å². The Morgan fingerprint density at radius 2 is 1.79 bits per heavy atom. The van der Waals surface area contributed by atoms with Crippen LogP contribution in [0.5, 0.6) is 5.75 Å². The summed E-state index contributed by atoms with van der Waals surface area (Å²) in [5.41, 5.74) is 0.528. The summed E-state index contributed by atoms with van der Waals surface area (Å²) < 4.78 is 16.0. The van der Waals surface area contributed by atoms with Crippen LogP contribution in [0.25, 0.3) is 21.7 Å². The van der Waals surface area contributed by atoms with Gasteiger partial charge in [-0.15, -0.1) is 0 Å². The fourth-order valence-corrected chi connectivity index (χ4v) is 3.22. The van der Waals surface area contributed by atoms with Gasteiger partial charge < -0.3 is 13.9 Å². The second-order valence-electron chi connectivity index (χ2n) is 6.13. The van der Waals surface area contributed by atoms with Crippen LogP contribution in [0.2, 0.25) is 5.02 Å². The molecule has 0 fully saturated rings. The summed E-state index contributed by atoms with van der Waals surface area (Å²) in [5, 5.41) is 3.08. The van der Waals surface area contributed by atoms with Gasteiger partial charge >= 0.3 is 11.6 Å². The maximum Gasteiger partial charge on any atom is 0.344 e. The molecule has 0 aliphatic carbocycles. The molecule has 0 radical (unpaired) electrons. The molecule has 5 nitrogen and oxygen atoms in total. The van der Waals surface area contributed by atoms with E-state index in [1.54, 1.807) is 30.3 Å². The zero-order chi connectivity index (χ0) is 19.5. The van der Waals surface area contributed by atoms with Gasteiger partial charge in [-0.05, 0) is 29.0 Å². The predicted octanol–water partition coefficient (Wildman–Crippen LogP) is 4.72. The van der Waals surface area contributed by atoms with E-state index in [0.717, 1.165) is 16.2 Å². The van der Waals surface area contributed by atoms with Gasteiger partial charge in [0.15, 0.2) is 6.61 Å². The summed E-state index contributed by atoms with van der Waals surface area (Å²) in [6, 6.07) is 19.6. The van der Waals surface area contributed by atoms with E-state index in [1.165, 1.54) is 6.07 Å². The normalized spacial score (nSPS) is 10.9. The average Bonchev–Trinajstić information content (AvgIpc) is 2.71. The second-order valence-corrected chi connectivity index (χ2v) is 6.54. The minimum atomic E-state index is -0.568. The van der Waals surface area contributed by atoms with Crippen LogP contribution in [0.15, 0.2) is 75.9 Å². The first-order valence-corrected chi connectivity index (χ1v) is 8.97. The molecule has 3 aromatic carbocycles. The summed E-state index contributed by atoms with van der Waals surface area (Å²) in [6.45, 7) is -0.356. The van der Waals surface area contributed by atoms with Gasteiger partial charge in [0.05, 0.1) is 5.02 Å². The maximum atomic E-state index is 12.1. The van der Waals surface area contributed by atoms with Gasteiger partial charge in [0.2, 0.25) is 0 Å². The van der Waals surface area contributed by atoms with Crippen LogP contribution in [0, 0.1) is 0 Å². The second kappa shape index (κ2) is 7.74. The highest BCUT2D eigenvalue weighted by molar-refractivity contribution is 6.32. The van der Waals surface area contributed by atoms with Crippen molar-refractivity contribution >= 4 is 39.3 Å². The molecule has 0 unspecified atom stereocenters. The Labute approximate surface area is 165 Å². The molecular weight excluding hydrogens is 380 g/mol. The molecule has 0 atom stereocenters. The van der Waals surface area contributed by atoms with Gasteiger partial charge in [0.25, 0.3) is 0 Å². The number of halogens is 1. The third kappa shape index (κ3) is 3.70. The highest BCUT2D eigenvalue weighted by atomic mass is 35.5. The van der Waals surface area contributed by atoms with Crippen LogP contribution in [-0.2, 0) is 16.1 Å². The highest BCUT2D eigenvalue weighted by Crippen LogP contribution is 2.28. The molecule has 0 spiro atoms. The van der Waals surface area contributed by atoms with Gasteiger partial charge in [0.1, 0.15) is 17.9 Å². The topological polar surface area (TPSA) is 65.7 Å². The molecule has 140 valence electrons. The molecule has 1 aromatic heterocycles. The van der Waals surface area contributed by atoms with Crippen LogP contribution < -0.4 is 10.4 Å². The van der Waals surface area contributed by atoms with Crippen molar-refractivity contribution in [2.75, 3.05) is 6.61 Å². The monoisotopic (exact) mass is 394 g/mol. The molecule has 1 heterocycles. The summed E-state index contributed by atoms with van der Waals surface area (Å²) in [5.74, 6) is -0.167. The highest BCUT2D eigenvalue weighted by Gasteiger charge is 2.12. The summed E-state index contributed by atoms with van der Waals surface area (Å²) in [4.78, 5) is 24.0. The molecule has 0 saturated heterocycles. The van der Waals surface area contributed by atoms with E-state index in [1.807, 2.05) is 30.3 Å². The Kier molecular flexibility index (Phi) is 5.00. The molecule has 0 aliphatic heterocycles. The molecule has 4 aromatic rings. The number of fused-ring (bicyclic) bond motifs is 3. The molecular formula is C22H15ClO5. The van der Waals surface area contributed by atoms with Crippen LogP contribution in [0.1, 0.15) is 5.56 Å². The Morgan fingerprint density at radius 3 is 2.64 bits per heavy atom. The quantitative estimate of drug-likeness (QED) is 0.278. The number of carbonyl (C=O) groups is 1.